The Balaban J connectivity index is 2.03. The fraction of sp³-hybridized carbons (Fsp3) is 0.591. The van der Waals surface area contributed by atoms with Crippen molar-refractivity contribution in [2.75, 3.05) is 14.1 Å². The molecule has 7 heteroatoms. The van der Waals surface area contributed by atoms with Gasteiger partial charge in [-0.25, -0.2) is 4.68 Å². The standard InChI is InChI=1S/C22H31Cl2N5/c1-21(2,3)19(12-10-16-9-11-17(23)15-18(16)24)29-20(25-26-27-29)22(28(4)5)13-7-6-8-14-22/h9-12,15,19H,6-8,13-14H2,1-5H3/p+1/t19-/m0/s1. The second kappa shape index (κ2) is 8.75. The molecule has 1 heterocycles. The molecule has 1 aromatic carbocycles. The second-order valence-electron chi connectivity index (χ2n) is 9.43. The van der Waals surface area contributed by atoms with Crippen molar-refractivity contribution in [2.24, 2.45) is 5.41 Å². The van der Waals surface area contributed by atoms with Crippen molar-refractivity contribution in [3.63, 3.8) is 0 Å². The number of aromatic nitrogens is 4. The first-order valence-corrected chi connectivity index (χ1v) is 11.1. The third-order valence-corrected chi connectivity index (χ3v) is 6.72. The van der Waals surface area contributed by atoms with Crippen molar-refractivity contribution in [1.29, 1.82) is 0 Å². The number of benzene rings is 1. The molecule has 29 heavy (non-hydrogen) atoms. The van der Waals surface area contributed by atoms with Crippen molar-refractivity contribution in [1.82, 2.24) is 20.2 Å². The summed E-state index contributed by atoms with van der Waals surface area (Å²) in [6.45, 7) is 6.65. The van der Waals surface area contributed by atoms with Crippen molar-refractivity contribution >= 4 is 29.3 Å². The van der Waals surface area contributed by atoms with E-state index in [1.165, 1.54) is 24.2 Å². The van der Waals surface area contributed by atoms with Crippen LogP contribution in [0.4, 0.5) is 0 Å². The number of quaternary nitrogens is 1. The van der Waals surface area contributed by atoms with Crippen LogP contribution in [0.3, 0.4) is 0 Å². The third kappa shape index (κ3) is 4.68. The molecular formula is C22H32Cl2N5+. The zero-order chi connectivity index (χ0) is 21.2. The minimum absolute atomic E-state index is 0.00241. The number of nitrogens with zero attached hydrogens (tertiary/aromatic N) is 4. The monoisotopic (exact) mass is 436 g/mol. The number of hydrogen-bond acceptors (Lipinski definition) is 3. The Bertz CT molecular complexity index is 860. The lowest BCUT2D eigenvalue weighted by Gasteiger charge is -2.40. The molecule has 0 radical (unpaired) electrons. The van der Waals surface area contributed by atoms with Crippen LogP contribution in [0.5, 0.6) is 0 Å². The van der Waals surface area contributed by atoms with Crippen LogP contribution in [0.15, 0.2) is 24.3 Å². The molecule has 1 saturated carbocycles. The fourth-order valence-corrected chi connectivity index (χ4v) is 4.84. The highest BCUT2D eigenvalue weighted by Crippen LogP contribution is 2.38. The average Bonchev–Trinajstić information content (AvgIpc) is 3.12. The zero-order valence-electron chi connectivity index (χ0n) is 18.0. The summed E-state index contributed by atoms with van der Waals surface area (Å²) < 4.78 is 2.04. The number of tetrazole rings is 1. The van der Waals surface area contributed by atoms with E-state index < -0.39 is 0 Å². The lowest BCUT2D eigenvalue weighted by Crippen LogP contribution is -3.14. The summed E-state index contributed by atoms with van der Waals surface area (Å²) in [5.74, 6) is 0.990. The Morgan fingerprint density at radius 2 is 1.83 bits per heavy atom. The first-order chi connectivity index (χ1) is 13.6. The van der Waals surface area contributed by atoms with E-state index in [4.69, 9.17) is 23.2 Å². The van der Waals surface area contributed by atoms with Crippen LogP contribution in [0.1, 0.15) is 70.3 Å². The molecule has 0 spiro atoms. The van der Waals surface area contributed by atoms with Crippen LogP contribution in [0.25, 0.3) is 6.08 Å². The second-order valence-corrected chi connectivity index (χ2v) is 10.3. The molecule has 1 aromatic heterocycles. The molecule has 1 N–H and O–H groups in total. The summed E-state index contributed by atoms with van der Waals surface area (Å²) in [6, 6.07) is 5.56. The van der Waals surface area contributed by atoms with E-state index >= 15 is 0 Å². The Hall–Kier alpha value is -1.43. The summed E-state index contributed by atoms with van der Waals surface area (Å²) >= 11 is 12.4. The van der Waals surface area contributed by atoms with Crippen molar-refractivity contribution < 1.29 is 4.90 Å². The van der Waals surface area contributed by atoms with E-state index in [0.717, 1.165) is 24.2 Å². The van der Waals surface area contributed by atoms with Crippen LogP contribution in [0.2, 0.25) is 10.0 Å². The molecule has 158 valence electrons. The molecule has 1 fully saturated rings. The molecule has 0 amide bonds. The van der Waals surface area contributed by atoms with E-state index in [0.29, 0.717) is 10.0 Å². The van der Waals surface area contributed by atoms with Gasteiger partial charge in [-0.3, -0.25) is 0 Å². The predicted octanol–water partition coefficient (Wildman–Crippen LogP) is 4.58. The highest BCUT2D eigenvalue weighted by atomic mass is 35.5. The number of hydrogen-bond donors (Lipinski definition) is 1. The van der Waals surface area contributed by atoms with Gasteiger partial charge in [-0.15, -0.1) is 5.10 Å². The average molecular weight is 437 g/mol. The van der Waals surface area contributed by atoms with E-state index in [9.17, 15) is 0 Å². The topological polar surface area (TPSA) is 48.0 Å². The zero-order valence-corrected chi connectivity index (χ0v) is 19.6. The van der Waals surface area contributed by atoms with E-state index in [-0.39, 0.29) is 17.0 Å². The minimum atomic E-state index is -0.0724. The van der Waals surface area contributed by atoms with Gasteiger partial charge in [0.25, 0.3) is 0 Å². The molecular weight excluding hydrogens is 405 g/mol. The number of rotatable bonds is 5. The van der Waals surface area contributed by atoms with Gasteiger partial charge >= 0.3 is 0 Å². The highest BCUT2D eigenvalue weighted by Gasteiger charge is 2.46. The smallest absolute Gasteiger partial charge is 0.213 e. The fourth-order valence-electron chi connectivity index (χ4n) is 4.37. The Labute approximate surface area is 184 Å². The maximum absolute atomic E-state index is 6.38. The van der Waals surface area contributed by atoms with Crippen LogP contribution >= 0.6 is 23.2 Å². The molecule has 3 rings (SSSR count). The van der Waals surface area contributed by atoms with E-state index in [1.807, 2.05) is 16.8 Å². The van der Waals surface area contributed by atoms with Gasteiger partial charge in [0.2, 0.25) is 5.82 Å². The molecule has 0 saturated heterocycles. The van der Waals surface area contributed by atoms with Gasteiger partial charge in [0.1, 0.15) is 0 Å². The largest absolute Gasteiger partial charge is 0.329 e. The molecule has 5 nitrogen and oxygen atoms in total. The van der Waals surface area contributed by atoms with Crippen molar-refractivity contribution in [3.05, 3.63) is 45.7 Å². The Morgan fingerprint density at radius 3 is 2.41 bits per heavy atom. The Kier molecular flexibility index (Phi) is 6.71. The molecule has 0 unspecified atom stereocenters. The van der Waals surface area contributed by atoms with Crippen LogP contribution in [-0.4, -0.2) is 34.3 Å². The van der Waals surface area contributed by atoms with E-state index in [2.05, 4.69) is 62.5 Å². The summed E-state index contributed by atoms with van der Waals surface area (Å²) in [7, 11) is 4.44. The lowest BCUT2D eigenvalue weighted by molar-refractivity contribution is -0.927. The summed E-state index contributed by atoms with van der Waals surface area (Å²) in [5.41, 5.74) is 0.819. The van der Waals surface area contributed by atoms with E-state index in [1.54, 1.807) is 6.07 Å². The van der Waals surface area contributed by atoms with Gasteiger partial charge in [0.15, 0.2) is 5.54 Å². The molecule has 0 bridgehead atoms. The molecule has 0 aliphatic heterocycles. The highest BCUT2D eigenvalue weighted by molar-refractivity contribution is 6.35. The van der Waals surface area contributed by atoms with Gasteiger partial charge in [0, 0.05) is 22.9 Å². The van der Waals surface area contributed by atoms with Crippen LogP contribution < -0.4 is 4.90 Å². The van der Waals surface area contributed by atoms with Crippen molar-refractivity contribution in [2.45, 2.75) is 64.5 Å². The molecule has 2 aromatic rings. The van der Waals surface area contributed by atoms with Crippen molar-refractivity contribution in [3.8, 4) is 0 Å². The molecule has 1 atom stereocenters. The number of halogens is 2. The SMILES string of the molecule is C[NH+](C)C1(c2nnnn2[C@@H](C=Cc2ccc(Cl)cc2Cl)C(C)(C)C)CCCCC1. The normalized spacial score (nSPS) is 18.5. The summed E-state index contributed by atoms with van der Waals surface area (Å²) in [4.78, 5) is 1.39. The first kappa shape index (κ1) is 22.3. The molecule has 1 aliphatic rings. The number of allylic oxidation sites excluding steroid dienone is 1. The summed E-state index contributed by atoms with van der Waals surface area (Å²) in [5, 5.41) is 14.4. The van der Waals surface area contributed by atoms with Gasteiger partial charge in [-0.1, -0.05) is 68.6 Å². The van der Waals surface area contributed by atoms with Gasteiger partial charge in [-0.05, 0) is 46.4 Å². The number of nitrogens with one attached hydrogen (secondary N) is 1. The lowest BCUT2D eigenvalue weighted by atomic mass is 9.79. The minimum Gasteiger partial charge on any atom is -0.329 e. The predicted molar refractivity (Wildman–Crippen MR) is 119 cm³/mol. The van der Waals surface area contributed by atoms with Crippen LogP contribution in [0, 0.1) is 5.41 Å². The molecule has 1 aliphatic carbocycles. The first-order valence-electron chi connectivity index (χ1n) is 10.4. The quantitative estimate of drug-likeness (QED) is 0.745. The maximum Gasteiger partial charge on any atom is 0.213 e. The van der Waals surface area contributed by atoms with Gasteiger partial charge < -0.3 is 4.90 Å². The van der Waals surface area contributed by atoms with Gasteiger partial charge in [0.05, 0.1) is 20.1 Å². The Morgan fingerprint density at radius 1 is 1.14 bits per heavy atom. The van der Waals surface area contributed by atoms with Gasteiger partial charge in [-0.2, -0.15) is 0 Å². The maximum atomic E-state index is 6.38. The summed E-state index contributed by atoms with van der Waals surface area (Å²) in [6.07, 6.45) is 10.2. The third-order valence-electron chi connectivity index (χ3n) is 6.16. The van der Waals surface area contributed by atoms with Crippen LogP contribution in [-0.2, 0) is 5.54 Å².